The Labute approximate surface area is 72.3 Å². The first-order valence-electron chi connectivity index (χ1n) is 4.37. The molecule has 0 saturated carbocycles. The van der Waals surface area contributed by atoms with Gasteiger partial charge >= 0.3 is 0 Å². The minimum absolute atomic E-state index is 1.34. The van der Waals surface area contributed by atoms with Crippen LogP contribution in [0.15, 0.2) is 0 Å². The molecule has 0 unspecified atom stereocenters. The molecule has 1 aromatic heterocycles. The molecule has 0 spiro atoms. The summed E-state index contributed by atoms with van der Waals surface area (Å²) in [5.41, 5.74) is 3.25. The van der Waals surface area contributed by atoms with Crippen molar-refractivity contribution in [2.45, 2.75) is 39.5 Å². The van der Waals surface area contributed by atoms with Crippen molar-refractivity contribution in [3.05, 3.63) is 20.9 Å². The third-order valence-electron chi connectivity index (χ3n) is 2.67. The fourth-order valence-corrected chi connectivity index (χ4v) is 3.13. The van der Waals surface area contributed by atoms with E-state index in [0.717, 1.165) is 0 Å². The Morgan fingerprint density at radius 3 is 2.55 bits per heavy atom. The van der Waals surface area contributed by atoms with Crippen LogP contribution >= 0.6 is 11.3 Å². The lowest BCUT2D eigenvalue weighted by Gasteiger charge is -2.10. The van der Waals surface area contributed by atoms with Gasteiger partial charge in [-0.05, 0) is 50.7 Å². The molecule has 0 N–H and O–H groups in total. The van der Waals surface area contributed by atoms with E-state index in [1.807, 2.05) is 11.3 Å². The molecule has 0 bridgehead atoms. The lowest BCUT2D eigenvalue weighted by atomic mass is 9.96. The van der Waals surface area contributed by atoms with Crippen LogP contribution in [0.5, 0.6) is 0 Å². The smallest absolute Gasteiger partial charge is 0.00827 e. The molecular formula is C10H14S. The standard InChI is InChI=1S/C10H14S/c1-7-8(2)11-10-6-4-3-5-9(7)10/h3-6H2,1-2H3. The van der Waals surface area contributed by atoms with Gasteiger partial charge in [-0.1, -0.05) is 0 Å². The molecular weight excluding hydrogens is 152 g/mol. The van der Waals surface area contributed by atoms with E-state index in [4.69, 9.17) is 0 Å². The summed E-state index contributed by atoms with van der Waals surface area (Å²) in [4.78, 5) is 3.21. The summed E-state index contributed by atoms with van der Waals surface area (Å²) in [5.74, 6) is 0. The van der Waals surface area contributed by atoms with Crippen molar-refractivity contribution in [1.29, 1.82) is 0 Å². The number of thiophene rings is 1. The highest BCUT2D eigenvalue weighted by atomic mass is 32.1. The van der Waals surface area contributed by atoms with E-state index in [9.17, 15) is 0 Å². The molecule has 1 aromatic rings. The molecule has 0 amide bonds. The van der Waals surface area contributed by atoms with E-state index in [2.05, 4.69) is 13.8 Å². The van der Waals surface area contributed by atoms with Crippen molar-refractivity contribution in [3.63, 3.8) is 0 Å². The van der Waals surface area contributed by atoms with Crippen molar-refractivity contribution in [3.8, 4) is 0 Å². The molecule has 60 valence electrons. The minimum atomic E-state index is 1.34. The average molecular weight is 166 g/mol. The molecule has 1 aliphatic carbocycles. The van der Waals surface area contributed by atoms with Crippen LogP contribution in [0.1, 0.15) is 33.7 Å². The van der Waals surface area contributed by atoms with Crippen LogP contribution in [0.3, 0.4) is 0 Å². The molecule has 2 rings (SSSR count). The number of hydrogen-bond acceptors (Lipinski definition) is 1. The van der Waals surface area contributed by atoms with Gasteiger partial charge in [-0.3, -0.25) is 0 Å². The second-order valence-corrected chi connectivity index (χ2v) is 4.70. The van der Waals surface area contributed by atoms with Crippen molar-refractivity contribution in [1.82, 2.24) is 0 Å². The third kappa shape index (κ3) is 1.12. The van der Waals surface area contributed by atoms with Crippen LogP contribution in [-0.4, -0.2) is 0 Å². The monoisotopic (exact) mass is 166 g/mol. The second kappa shape index (κ2) is 2.63. The molecule has 11 heavy (non-hydrogen) atoms. The summed E-state index contributed by atoms with van der Waals surface area (Å²) in [5, 5.41) is 0. The first-order chi connectivity index (χ1) is 5.29. The first kappa shape index (κ1) is 7.35. The summed E-state index contributed by atoms with van der Waals surface area (Å²) in [6.45, 7) is 4.52. The largest absolute Gasteiger partial charge is 0.145 e. The maximum absolute atomic E-state index is 2.27. The maximum atomic E-state index is 2.27. The Balaban J connectivity index is 2.50. The number of hydrogen-bond donors (Lipinski definition) is 0. The molecule has 0 radical (unpaired) electrons. The van der Waals surface area contributed by atoms with E-state index in [1.165, 1.54) is 30.6 Å². The van der Waals surface area contributed by atoms with Crippen LogP contribution in [0, 0.1) is 13.8 Å². The van der Waals surface area contributed by atoms with E-state index in [0.29, 0.717) is 0 Å². The average Bonchev–Trinajstić information content (AvgIpc) is 2.30. The summed E-state index contributed by atoms with van der Waals surface area (Å²) in [6.07, 6.45) is 5.50. The van der Waals surface area contributed by atoms with Crippen molar-refractivity contribution in [2.24, 2.45) is 0 Å². The van der Waals surface area contributed by atoms with Gasteiger partial charge < -0.3 is 0 Å². The summed E-state index contributed by atoms with van der Waals surface area (Å²) < 4.78 is 0. The molecule has 0 fully saturated rings. The Morgan fingerprint density at radius 2 is 1.82 bits per heavy atom. The fraction of sp³-hybridized carbons (Fsp3) is 0.600. The van der Waals surface area contributed by atoms with Crippen LogP contribution in [0.2, 0.25) is 0 Å². The van der Waals surface area contributed by atoms with Crippen molar-refractivity contribution >= 4 is 11.3 Å². The molecule has 0 aliphatic heterocycles. The van der Waals surface area contributed by atoms with Gasteiger partial charge in [0.15, 0.2) is 0 Å². The summed E-state index contributed by atoms with van der Waals surface area (Å²) in [7, 11) is 0. The van der Waals surface area contributed by atoms with Crippen molar-refractivity contribution in [2.75, 3.05) is 0 Å². The molecule has 0 atom stereocenters. The van der Waals surface area contributed by atoms with Gasteiger partial charge in [0, 0.05) is 9.75 Å². The van der Waals surface area contributed by atoms with Crippen LogP contribution in [0.25, 0.3) is 0 Å². The summed E-state index contributed by atoms with van der Waals surface area (Å²) in [6, 6.07) is 0. The topological polar surface area (TPSA) is 0 Å². The zero-order valence-corrected chi connectivity index (χ0v) is 8.05. The minimum Gasteiger partial charge on any atom is -0.145 e. The van der Waals surface area contributed by atoms with Gasteiger partial charge in [0.05, 0.1) is 0 Å². The third-order valence-corrected chi connectivity index (χ3v) is 3.98. The van der Waals surface area contributed by atoms with Gasteiger partial charge in [0.25, 0.3) is 0 Å². The van der Waals surface area contributed by atoms with Gasteiger partial charge in [0.1, 0.15) is 0 Å². The molecule has 1 heteroatoms. The van der Waals surface area contributed by atoms with Crippen molar-refractivity contribution < 1.29 is 0 Å². The number of aryl methyl sites for hydroxylation is 2. The van der Waals surface area contributed by atoms with E-state index in [1.54, 1.807) is 16.0 Å². The molecule has 1 aliphatic rings. The quantitative estimate of drug-likeness (QED) is 0.555. The van der Waals surface area contributed by atoms with Gasteiger partial charge in [-0.15, -0.1) is 11.3 Å². The number of fused-ring (bicyclic) bond motifs is 1. The van der Waals surface area contributed by atoms with E-state index < -0.39 is 0 Å². The van der Waals surface area contributed by atoms with Crippen LogP contribution < -0.4 is 0 Å². The van der Waals surface area contributed by atoms with Crippen LogP contribution in [-0.2, 0) is 12.8 Å². The van der Waals surface area contributed by atoms with E-state index in [-0.39, 0.29) is 0 Å². The SMILES string of the molecule is Cc1sc2c(c1C)CCCC2. The molecule has 0 saturated heterocycles. The highest BCUT2D eigenvalue weighted by molar-refractivity contribution is 7.12. The zero-order valence-electron chi connectivity index (χ0n) is 7.24. The highest BCUT2D eigenvalue weighted by Crippen LogP contribution is 2.32. The Morgan fingerprint density at radius 1 is 1.09 bits per heavy atom. The molecule has 1 heterocycles. The Kier molecular flexibility index (Phi) is 1.76. The normalized spacial score (nSPS) is 16.5. The zero-order chi connectivity index (χ0) is 7.84. The van der Waals surface area contributed by atoms with Gasteiger partial charge in [0.2, 0.25) is 0 Å². The second-order valence-electron chi connectivity index (χ2n) is 3.39. The molecule has 0 aromatic carbocycles. The summed E-state index contributed by atoms with van der Waals surface area (Å²) >= 11 is 2.02. The number of rotatable bonds is 0. The Bertz CT molecular complexity index is 271. The Hall–Kier alpha value is -0.300. The maximum Gasteiger partial charge on any atom is 0.00827 e. The van der Waals surface area contributed by atoms with Crippen LogP contribution in [0.4, 0.5) is 0 Å². The first-order valence-corrected chi connectivity index (χ1v) is 5.18. The lowest BCUT2D eigenvalue weighted by molar-refractivity contribution is 0.694. The van der Waals surface area contributed by atoms with Gasteiger partial charge in [-0.25, -0.2) is 0 Å². The molecule has 0 nitrogen and oxygen atoms in total. The van der Waals surface area contributed by atoms with Gasteiger partial charge in [-0.2, -0.15) is 0 Å². The lowest BCUT2D eigenvalue weighted by Crippen LogP contribution is -1.98. The highest BCUT2D eigenvalue weighted by Gasteiger charge is 2.15. The van der Waals surface area contributed by atoms with E-state index >= 15 is 0 Å². The fourth-order valence-electron chi connectivity index (χ4n) is 1.86. The predicted octanol–water partition coefficient (Wildman–Crippen LogP) is 3.24. The predicted molar refractivity (Wildman–Crippen MR) is 50.4 cm³/mol.